The van der Waals surface area contributed by atoms with Gasteiger partial charge in [-0.1, -0.05) is 24.3 Å². The zero-order valence-electron chi connectivity index (χ0n) is 16.7. The van der Waals surface area contributed by atoms with Crippen LogP contribution in [0.5, 0.6) is 0 Å². The van der Waals surface area contributed by atoms with E-state index in [4.69, 9.17) is 0 Å². The zero-order chi connectivity index (χ0) is 19.3. The van der Waals surface area contributed by atoms with E-state index in [1.807, 2.05) is 54.5 Å². The third-order valence-electron chi connectivity index (χ3n) is 6.36. The van der Waals surface area contributed by atoms with Gasteiger partial charge in [0.05, 0.1) is 0 Å². The molecule has 4 rings (SSSR count). The molecular formula is C23H30N4O. The average molecular weight is 379 g/mol. The molecule has 0 N–H and O–H groups in total. The Balaban J connectivity index is 1.26. The summed E-state index contributed by atoms with van der Waals surface area (Å²) < 4.78 is 0. The van der Waals surface area contributed by atoms with E-state index in [9.17, 15) is 4.79 Å². The van der Waals surface area contributed by atoms with Crippen molar-refractivity contribution in [2.24, 2.45) is 0 Å². The smallest absolute Gasteiger partial charge is 0.253 e. The molecule has 0 atom stereocenters. The van der Waals surface area contributed by atoms with Crippen LogP contribution in [0.3, 0.4) is 0 Å². The molecule has 1 amide bonds. The minimum Gasteiger partial charge on any atom is -0.354 e. The second-order valence-electron chi connectivity index (χ2n) is 7.96. The van der Waals surface area contributed by atoms with E-state index in [0.717, 1.165) is 50.4 Å². The quantitative estimate of drug-likeness (QED) is 0.819. The Bertz CT molecular complexity index is 751. The molecular weight excluding hydrogens is 348 g/mol. The molecule has 1 saturated heterocycles. The van der Waals surface area contributed by atoms with Gasteiger partial charge in [0.1, 0.15) is 5.82 Å². The second-order valence-corrected chi connectivity index (χ2v) is 7.96. The van der Waals surface area contributed by atoms with Gasteiger partial charge in [-0.2, -0.15) is 0 Å². The number of hydrogen-bond acceptors (Lipinski definition) is 4. The molecule has 2 aliphatic rings. The number of carbonyl (C=O) groups excluding carboxylic acids is 1. The van der Waals surface area contributed by atoms with E-state index in [2.05, 4.69) is 26.9 Å². The van der Waals surface area contributed by atoms with Crippen LogP contribution in [0.2, 0.25) is 0 Å². The SMILES string of the molecule is CN(C(=O)c1ccccc1)C1CCC(N2CCN(c3ccccn3)CC2)CC1. The van der Waals surface area contributed by atoms with Crippen LogP contribution in [0.4, 0.5) is 5.82 Å². The highest BCUT2D eigenvalue weighted by molar-refractivity contribution is 5.94. The van der Waals surface area contributed by atoms with E-state index in [1.54, 1.807) is 0 Å². The minimum atomic E-state index is 0.146. The molecule has 0 spiro atoms. The van der Waals surface area contributed by atoms with Gasteiger partial charge in [-0.3, -0.25) is 9.69 Å². The van der Waals surface area contributed by atoms with Crippen LogP contribution in [0.25, 0.3) is 0 Å². The Labute approximate surface area is 168 Å². The number of anilines is 1. The topological polar surface area (TPSA) is 39.7 Å². The molecule has 148 valence electrons. The third-order valence-corrected chi connectivity index (χ3v) is 6.36. The van der Waals surface area contributed by atoms with Crippen molar-refractivity contribution in [3.8, 4) is 0 Å². The number of amides is 1. The van der Waals surface area contributed by atoms with Crippen LogP contribution in [-0.4, -0.2) is 66.0 Å². The molecule has 5 nitrogen and oxygen atoms in total. The third kappa shape index (κ3) is 4.20. The van der Waals surface area contributed by atoms with Crippen molar-refractivity contribution in [2.45, 2.75) is 37.8 Å². The fraction of sp³-hybridized carbons (Fsp3) is 0.478. The lowest BCUT2D eigenvalue weighted by atomic mass is 9.88. The van der Waals surface area contributed by atoms with Crippen molar-refractivity contribution in [1.29, 1.82) is 0 Å². The number of rotatable bonds is 4. The van der Waals surface area contributed by atoms with Gasteiger partial charge in [0.2, 0.25) is 0 Å². The number of nitrogens with zero attached hydrogens (tertiary/aromatic N) is 4. The monoisotopic (exact) mass is 378 g/mol. The van der Waals surface area contributed by atoms with Crippen LogP contribution >= 0.6 is 0 Å². The lowest BCUT2D eigenvalue weighted by Gasteiger charge is -2.43. The van der Waals surface area contributed by atoms with Crippen molar-refractivity contribution < 1.29 is 4.79 Å². The van der Waals surface area contributed by atoms with Crippen molar-refractivity contribution >= 4 is 11.7 Å². The number of hydrogen-bond donors (Lipinski definition) is 0. The van der Waals surface area contributed by atoms with Gasteiger partial charge in [-0.05, 0) is 49.9 Å². The maximum absolute atomic E-state index is 12.7. The molecule has 2 aromatic rings. The predicted molar refractivity (Wildman–Crippen MR) is 113 cm³/mol. The predicted octanol–water partition coefficient (Wildman–Crippen LogP) is 3.29. The molecule has 2 heterocycles. The van der Waals surface area contributed by atoms with Crippen molar-refractivity contribution in [3.05, 3.63) is 60.3 Å². The fourth-order valence-electron chi connectivity index (χ4n) is 4.62. The summed E-state index contributed by atoms with van der Waals surface area (Å²) in [6, 6.07) is 16.8. The lowest BCUT2D eigenvalue weighted by Crippen LogP contribution is -2.52. The fourth-order valence-corrected chi connectivity index (χ4v) is 4.62. The molecule has 28 heavy (non-hydrogen) atoms. The van der Waals surface area contributed by atoms with E-state index in [-0.39, 0.29) is 5.91 Å². The van der Waals surface area contributed by atoms with Gasteiger partial charge >= 0.3 is 0 Å². The van der Waals surface area contributed by atoms with E-state index in [0.29, 0.717) is 12.1 Å². The van der Waals surface area contributed by atoms with Gasteiger partial charge in [0.15, 0.2) is 0 Å². The highest BCUT2D eigenvalue weighted by atomic mass is 16.2. The van der Waals surface area contributed by atoms with Crippen LogP contribution in [0.1, 0.15) is 36.0 Å². The number of piperazine rings is 1. The van der Waals surface area contributed by atoms with Gasteiger partial charge < -0.3 is 9.80 Å². The first kappa shape index (κ1) is 18.9. The van der Waals surface area contributed by atoms with E-state index < -0.39 is 0 Å². The van der Waals surface area contributed by atoms with Crippen LogP contribution in [-0.2, 0) is 0 Å². The lowest BCUT2D eigenvalue weighted by molar-refractivity contribution is 0.0623. The Kier molecular flexibility index (Phi) is 5.91. The number of aromatic nitrogens is 1. The molecule has 1 saturated carbocycles. The Morgan fingerprint density at radius 3 is 2.25 bits per heavy atom. The van der Waals surface area contributed by atoms with Gasteiger partial charge in [0.25, 0.3) is 5.91 Å². The summed E-state index contributed by atoms with van der Waals surface area (Å²) >= 11 is 0. The molecule has 0 unspecified atom stereocenters. The van der Waals surface area contributed by atoms with Crippen molar-refractivity contribution in [3.63, 3.8) is 0 Å². The molecule has 1 aromatic carbocycles. The Morgan fingerprint density at radius 2 is 1.61 bits per heavy atom. The van der Waals surface area contributed by atoms with Crippen LogP contribution in [0, 0.1) is 0 Å². The van der Waals surface area contributed by atoms with Crippen LogP contribution in [0.15, 0.2) is 54.7 Å². The second kappa shape index (κ2) is 8.74. The highest BCUT2D eigenvalue weighted by Gasteiger charge is 2.31. The summed E-state index contributed by atoms with van der Waals surface area (Å²) in [4.78, 5) is 24.2. The maximum Gasteiger partial charge on any atom is 0.253 e. The maximum atomic E-state index is 12.7. The summed E-state index contributed by atoms with van der Waals surface area (Å²) in [6.45, 7) is 4.29. The van der Waals surface area contributed by atoms with Gasteiger partial charge in [-0.15, -0.1) is 0 Å². The Hall–Kier alpha value is -2.40. The number of carbonyl (C=O) groups is 1. The Morgan fingerprint density at radius 1 is 0.929 bits per heavy atom. The van der Waals surface area contributed by atoms with Gasteiger partial charge in [-0.25, -0.2) is 4.98 Å². The van der Waals surface area contributed by atoms with Crippen molar-refractivity contribution in [2.75, 3.05) is 38.1 Å². The molecule has 5 heteroatoms. The average Bonchev–Trinajstić information content (AvgIpc) is 2.79. The zero-order valence-corrected chi connectivity index (χ0v) is 16.7. The molecule has 1 aromatic heterocycles. The highest BCUT2D eigenvalue weighted by Crippen LogP contribution is 2.28. The van der Waals surface area contributed by atoms with E-state index >= 15 is 0 Å². The van der Waals surface area contributed by atoms with Crippen molar-refractivity contribution in [1.82, 2.24) is 14.8 Å². The van der Waals surface area contributed by atoms with E-state index in [1.165, 1.54) is 12.8 Å². The largest absolute Gasteiger partial charge is 0.354 e. The summed E-state index contributed by atoms with van der Waals surface area (Å²) in [5, 5.41) is 0. The first-order valence-corrected chi connectivity index (χ1v) is 10.4. The first-order chi connectivity index (χ1) is 13.7. The summed E-state index contributed by atoms with van der Waals surface area (Å²) in [7, 11) is 1.96. The summed E-state index contributed by atoms with van der Waals surface area (Å²) in [5.41, 5.74) is 0.790. The molecule has 1 aliphatic heterocycles. The minimum absolute atomic E-state index is 0.146. The number of pyridine rings is 1. The summed E-state index contributed by atoms with van der Waals surface area (Å²) in [5.74, 6) is 1.24. The standard InChI is InChI=1S/C23H30N4O/c1-25(23(28)19-7-3-2-4-8-19)20-10-12-21(13-11-20)26-15-17-27(18-16-26)22-9-5-6-14-24-22/h2-9,14,20-21H,10-13,15-18H2,1H3. The molecule has 1 aliphatic carbocycles. The number of benzene rings is 1. The first-order valence-electron chi connectivity index (χ1n) is 10.4. The molecule has 0 radical (unpaired) electrons. The van der Waals surface area contributed by atoms with Gasteiger partial charge in [0, 0.05) is 57.1 Å². The summed E-state index contributed by atoms with van der Waals surface area (Å²) in [6.07, 6.45) is 6.43. The normalized spacial score (nSPS) is 23.4. The van der Waals surface area contributed by atoms with Crippen LogP contribution < -0.4 is 4.90 Å². The molecule has 0 bridgehead atoms. The molecule has 2 fully saturated rings.